The van der Waals surface area contributed by atoms with Crippen LogP contribution in [0.3, 0.4) is 0 Å². The number of hydrogen-bond donors (Lipinski definition) is 4. The van der Waals surface area contributed by atoms with Crippen molar-refractivity contribution in [2.24, 2.45) is 14.1 Å². The average molecular weight is 453 g/mol. The molecule has 1 atom stereocenters. The van der Waals surface area contributed by atoms with Gasteiger partial charge < -0.3 is 30.2 Å². The summed E-state index contributed by atoms with van der Waals surface area (Å²) in [6.45, 7) is 2.68. The van der Waals surface area contributed by atoms with Crippen molar-refractivity contribution in [1.29, 1.82) is 0 Å². The average Bonchev–Trinajstić information content (AvgIpc) is 3.40. The summed E-state index contributed by atoms with van der Waals surface area (Å²) in [5, 5.41) is 18.8. The van der Waals surface area contributed by atoms with E-state index in [0.29, 0.717) is 38.0 Å². The molecule has 3 aromatic rings. The monoisotopic (exact) mass is 452 g/mol. The molecule has 9 nitrogen and oxygen atoms in total. The van der Waals surface area contributed by atoms with Gasteiger partial charge in [-0.05, 0) is 49.2 Å². The molecule has 33 heavy (non-hydrogen) atoms. The number of aliphatic carboxylic acids is 1. The van der Waals surface area contributed by atoms with Crippen LogP contribution >= 0.6 is 0 Å². The molecule has 0 aliphatic carbocycles. The van der Waals surface area contributed by atoms with Gasteiger partial charge in [-0.3, -0.25) is 4.79 Å². The summed E-state index contributed by atoms with van der Waals surface area (Å²) in [6, 6.07) is 10.3. The zero-order valence-corrected chi connectivity index (χ0v) is 19.1. The summed E-state index contributed by atoms with van der Waals surface area (Å²) in [5.74, 6) is -0.464. The number of nitrogens with zero attached hydrogens (tertiary/aromatic N) is 3. The van der Waals surface area contributed by atoms with Gasteiger partial charge in [-0.2, -0.15) is 0 Å². The number of rotatable bonds is 13. The molecule has 2 heterocycles. The molecule has 1 amide bonds. The molecular weight excluding hydrogens is 420 g/mol. The second-order valence-corrected chi connectivity index (χ2v) is 8.05. The Morgan fingerprint density at radius 1 is 1.00 bits per heavy atom. The second kappa shape index (κ2) is 12.0. The predicted octanol–water partition coefficient (Wildman–Crippen LogP) is 1.80. The fraction of sp³-hybridized carbons (Fsp3) is 0.375. The number of nitrogens with one attached hydrogen (secondary N) is 3. The number of carbonyl (C=O) groups is 2. The fourth-order valence-corrected chi connectivity index (χ4v) is 3.49. The molecule has 0 saturated carbocycles. The number of imidazole rings is 1. The van der Waals surface area contributed by atoms with Crippen LogP contribution in [0.1, 0.15) is 40.3 Å². The van der Waals surface area contributed by atoms with Crippen molar-refractivity contribution < 1.29 is 14.7 Å². The van der Waals surface area contributed by atoms with Crippen molar-refractivity contribution in [3.05, 3.63) is 77.6 Å². The summed E-state index contributed by atoms with van der Waals surface area (Å²) in [5.41, 5.74) is 2.63. The zero-order valence-electron chi connectivity index (χ0n) is 19.1. The highest BCUT2D eigenvalue weighted by molar-refractivity contribution is 5.96. The Balaban J connectivity index is 1.40. The summed E-state index contributed by atoms with van der Waals surface area (Å²) >= 11 is 0. The summed E-state index contributed by atoms with van der Waals surface area (Å²) < 4.78 is 3.99. The molecule has 3 rings (SSSR count). The molecule has 0 aliphatic rings. The third-order valence-corrected chi connectivity index (χ3v) is 5.56. The Bertz CT molecular complexity index is 1040. The maximum atomic E-state index is 12.5. The van der Waals surface area contributed by atoms with Gasteiger partial charge in [0.25, 0.3) is 5.91 Å². The highest BCUT2D eigenvalue weighted by atomic mass is 16.4. The van der Waals surface area contributed by atoms with Crippen LogP contribution in [-0.4, -0.2) is 43.7 Å². The van der Waals surface area contributed by atoms with Crippen LogP contribution in [0, 0.1) is 0 Å². The third kappa shape index (κ3) is 7.30. The topological polar surface area (TPSA) is 113 Å². The van der Waals surface area contributed by atoms with Gasteiger partial charge in [-0.1, -0.05) is 12.1 Å². The first kappa shape index (κ1) is 24.2. The van der Waals surface area contributed by atoms with E-state index >= 15 is 0 Å². The van der Waals surface area contributed by atoms with Gasteiger partial charge >= 0.3 is 5.97 Å². The number of amides is 1. The van der Waals surface area contributed by atoms with Crippen LogP contribution in [0.4, 0.5) is 0 Å². The minimum absolute atomic E-state index is 0.358. The molecule has 4 N–H and O–H groups in total. The van der Waals surface area contributed by atoms with E-state index in [2.05, 4.69) is 20.9 Å². The van der Waals surface area contributed by atoms with Crippen molar-refractivity contribution in [3.63, 3.8) is 0 Å². The van der Waals surface area contributed by atoms with Gasteiger partial charge in [0, 0.05) is 57.0 Å². The Morgan fingerprint density at radius 2 is 1.79 bits per heavy atom. The van der Waals surface area contributed by atoms with E-state index in [1.807, 2.05) is 59.9 Å². The predicted molar refractivity (Wildman–Crippen MR) is 125 cm³/mol. The molecule has 0 spiro atoms. The number of hydrogen-bond acceptors (Lipinski definition) is 5. The van der Waals surface area contributed by atoms with E-state index in [-0.39, 0.29) is 5.91 Å². The van der Waals surface area contributed by atoms with Crippen LogP contribution in [0.2, 0.25) is 0 Å². The minimum Gasteiger partial charge on any atom is -0.480 e. The van der Waals surface area contributed by atoms with Crippen molar-refractivity contribution in [3.8, 4) is 0 Å². The first-order valence-electron chi connectivity index (χ1n) is 11.0. The van der Waals surface area contributed by atoms with E-state index in [9.17, 15) is 14.7 Å². The Labute approximate surface area is 193 Å². The Morgan fingerprint density at radius 3 is 2.42 bits per heavy atom. The SMILES string of the molecule is Cn1cccc1CNCCCC(NC(=O)c1ccc(CNCc2nccn2C)cc1)C(=O)O. The van der Waals surface area contributed by atoms with E-state index in [1.165, 1.54) is 0 Å². The second-order valence-electron chi connectivity index (χ2n) is 8.05. The normalized spacial score (nSPS) is 11.9. The lowest BCUT2D eigenvalue weighted by atomic mass is 10.1. The molecule has 0 bridgehead atoms. The largest absolute Gasteiger partial charge is 0.480 e. The number of carboxylic acid groups (broad SMARTS) is 1. The van der Waals surface area contributed by atoms with Crippen LogP contribution < -0.4 is 16.0 Å². The lowest BCUT2D eigenvalue weighted by Gasteiger charge is -2.15. The van der Waals surface area contributed by atoms with Crippen molar-refractivity contribution in [2.75, 3.05) is 6.54 Å². The quantitative estimate of drug-likeness (QED) is 0.294. The molecule has 0 radical (unpaired) electrons. The first-order valence-corrected chi connectivity index (χ1v) is 11.0. The van der Waals surface area contributed by atoms with Gasteiger partial charge in [0.15, 0.2) is 0 Å². The molecule has 0 aliphatic heterocycles. The van der Waals surface area contributed by atoms with Crippen LogP contribution in [0.5, 0.6) is 0 Å². The number of carboxylic acids is 1. The minimum atomic E-state index is -1.03. The van der Waals surface area contributed by atoms with E-state index in [1.54, 1.807) is 18.3 Å². The number of aromatic nitrogens is 3. The molecule has 1 unspecified atom stereocenters. The summed E-state index contributed by atoms with van der Waals surface area (Å²) in [6.07, 6.45) is 6.64. The first-order chi connectivity index (χ1) is 15.9. The molecule has 0 saturated heterocycles. The van der Waals surface area contributed by atoms with Gasteiger partial charge in [0.1, 0.15) is 11.9 Å². The van der Waals surface area contributed by atoms with Crippen LogP contribution in [0.25, 0.3) is 0 Å². The van der Waals surface area contributed by atoms with Crippen molar-refractivity contribution in [2.45, 2.75) is 38.5 Å². The Kier molecular flexibility index (Phi) is 8.79. The highest BCUT2D eigenvalue weighted by Crippen LogP contribution is 2.07. The van der Waals surface area contributed by atoms with Gasteiger partial charge in [0.05, 0.1) is 6.54 Å². The third-order valence-electron chi connectivity index (χ3n) is 5.56. The van der Waals surface area contributed by atoms with Crippen LogP contribution in [0.15, 0.2) is 55.0 Å². The summed E-state index contributed by atoms with van der Waals surface area (Å²) in [4.78, 5) is 28.4. The number of aryl methyl sites for hydroxylation is 2. The molecule has 2 aromatic heterocycles. The van der Waals surface area contributed by atoms with Crippen LogP contribution in [-0.2, 0) is 38.5 Å². The number of benzene rings is 1. The molecule has 1 aromatic carbocycles. The molecule has 176 valence electrons. The molecule has 9 heteroatoms. The van der Waals surface area contributed by atoms with Gasteiger partial charge in [-0.25, -0.2) is 9.78 Å². The van der Waals surface area contributed by atoms with Crippen molar-refractivity contribution >= 4 is 11.9 Å². The van der Waals surface area contributed by atoms with E-state index < -0.39 is 12.0 Å². The lowest BCUT2D eigenvalue weighted by Crippen LogP contribution is -2.41. The van der Waals surface area contributed by atoms with Gasteiger partial charge in [-0.15, -0.1) is 0 Å². The maximum absolute atomic E-state index is 12.5. The maximum Gasteiger partial charge on any atom is 0.326 e. The van der Waals surface area contributed by atoms with E-state index in [0.717, 1.165) is 23.6 Å². The van der Waals surface area contributed by atoms with Crippen molar-refractivity contribution in [1.82, 2.24) is 30.1 Å². The lowest BCUT2D eigenvalue weighted by molar-refractivity contribution is -0.139. The smallest absolute Gasteiger partial charge is 0.326 e. The van der Waals surface area contributed by atoms with Gasteiger partial charge in [0.2, 0.25) is 0 Å². The van der Waals surface area contributed by atoms with E-state index in [4.69, 9.17) is 0 Å². The fourth-order valence-electron chi connectivity index (χ4n) is 3.49. The molecular formula is C24H32N6O3. The number of carbonyl (C=O) groups excluding carboxylic acids is 1. The standard InChI is InChI=1S/C24H32N6O3/c1-29-13-4-5-20(29)16-25-11-3-6-21(24(32)33)28-23(31)19-9-7-18(8-10-19)15-26-17-22-27-12-14-30(22)2/h4-5,7-10,12-14,21,25-26H,3,6,11,15-17H2,1-2H3,(H,28,31)(H,32,33). The zero-order chi connectivity index (χ0) is 23.6. The highest BCUT2D eigenvalue weighted by Gasteiger charge is 2.20. The molecule has 0 fully saturated rings. The Hall–Kier alpha value is -3.43. The summed E-state index contributed by atoms with van der Waals surface area (Å²) in [7, 11) is 3.93.